The number of anilines is 1. The van der Waals surface area contributed by atoms with E-state index in [0.29, 0.717) is 6.04 Å². The van der Waals surface area contributed by atoms with Crippen LogP contribution in [0.3, 0.4) is 0 Å². The summed E-state index contributed by atoms with van der Waals surface area (Å²) < 4.78 is 0. The average molecular weight is 191 g/mol. The van der Waals surface area contributed by atoms with Gasteiger partial charge in [-0.2, -0.15) is 0 Å². The summed E-state index contributed by atoms with van der Waals surface area (Å²) in [5.41, 5.74) is 1.07. The summed E-state index contributed by atoms with van der Waals surface area (Å²) in [5, 5.41) is 3.43. The molecule has 1 saturated heterocycles. The Morgan fingerprint density at radius 2 is 2.29 bits per heavy atom. The lowest BCUT2D eigenvalue weighted by Gasteiger charge is -2.39. The van der Waals surface area contributed by atoms with Gasteiger partial charge in [-0.25, -0.2) is 4.98 Å². The van der Waals surface area contributed by atoms with Gasteiger partial charge in [-0.1, -0.05) is 13.0 Å². The summed E-state index contributed by atoms with van der Waals surface area (Å²) in [6.07, 6.45) is 0. The van der Waals surface area contributed by atoms with Crippen molar-refractivity contribution in [1.82, 2.24) is 9.88 Å². The first kappa shape index (κ1) is 9.46. The van der Waals surface area contributed by atoms with Crippen LogP contribution in [0.25, 0.3) is 0 Å². The molecule has 0 aliphatic carbocycles. The minimum absolute atomic E-state index is 0.587. The van der Waals surface area contributed by atoms with Crippen molar-refractivity contribution in [3.8, 4) is 0 Å². The SMILES string of the molecule is CCN1CC(Nc2cccc(C)n2)C1. The molecule has 0 aromatic carbocycles. The first-order valence-corrected chi connectivity index (χ1v) is 5.20. The lowest BCUT2D eigenvalue weighted by atomic mass is 10.1. The third kappa shape index (κ3) is 2.04. The predicted octanol–water partition coefficient (Wildman–Crippen LogP) is 1.51. The Balaban J connectivity index is 1.87. The number of nitrogens with zero attached hydrogens (tertiary/aromatic N) is 2. The molecule has 0 atom stereocenters. The Bertz CT molecular complexity index is 305. The third-order valence-corrected chi connectivity index (χ3v) is 2.64. The Hall–Kier alpha value is -1.09. The van der Waals surface area contributed by atoms with Crippen LogP contribution in [0.15, 0.2) is 18.2 Å². The van der Waals surface area contributed by atoms with Gasteiger partial charge in [0.1, 0.15) is 5.82 Å². The maximum Gasteiger partial charge on any atom is 0.126 e. The standard InChI is InChI=1S/C11H17N3/c1-3-14-7-10(8-14)13-11-6-4-5-9(2)12-11/h4-6,10H,3,7-8H2,1-2H3,(H,12,13). The zero-order valence-electron chi connectivity index (χ0n) is 8.83. The lowest BCUT2D eigenvalue weighted by Crippen LogP contribution is -2.54. The molecule has 76 valence electrons. The van der Waals surface area contributed by atoms with Crippen molar-refractivity contribution in [3.63, 3.8) is 0 Å². The van der Waals surface area contributed by atoms with E-state index in [1.165, 1.54) is 0 Å². The van der Waals surface area contributed by atoms with Crippen molar-refractivity contribution >= 4 is 5.82 Å². The quantitative estimate of drug-likeness (QED) is 0.785. The minimum Gasteiger partial charge on any atom is -0.365 e. The maximum atomic E-state index is 4.42. The van der Waals surface area contributed by atoms with E-state index in [-0.39, 0.29) is 0 Å². The molecule has 3 nitrogen and oxygen atoms in total. The van der Waals surface area contributed by atoms with Crippen molar-refractivity contribution in [3.05, 3.63) is 23.9 Å². The summed E-state index contributed by atoms with van der Waals surface area (Å²) in [5.74, 6) is 1.01. The zero-order valence-corrected chi connectivity index (χ0v) is 8.83. The normalized spacial score (nSPS) is 17.9. The van der Waals surface area contributed by atoms with Crippen molar-refractivity contribution in [1.29, 1.82) is 0 Å². The van der Waals surface area contributed by atoms with E-state index >= 15 is 0 Å². The first-order valence-electron chi connectivity index (χ1n) is 5.20. The van der Waals surface area contributed by atoms with E-state index in [2.05, 4.69) is 22.1 Å². The van der Waals surface area contributed by atoms with Crippen LogP contribution in [-0.2, 0) is 0 Å². The van der Waals surface area contributed by atoms with E-state index < -0.39 is 0 Å². The van der Waals surface area contributed by atoms with Crippen LogP contribution in [0, 0.1) is 6.92 Å². The molecule has 0 unspecified atom stereocenters. The van der Waals surface area contributed by atoms with Gasteiger partial charge >= 0.3 is 0 Å². The van der Waals surface area contributed by atoms with Gasteiger partial charge < -0.3 is 5.32 Å². The number of hydrogen-bond acceptors (Lipinski definition) is 3. The van der Waals surface area contributed by atoms with Crippen LogP contribution < -0.4 is 5.32 Å². The molecule has 1 N–H and O–H groups in total. The van der Waals surface area contributed by atoms with Crippen LogP contribution in [0.5, 0.6) is 0 Å². The Morgan fingerprint density at radius 3 is 2.93 bits per heavy atom. The zero-order chi connectivity index (χ0) is 9.97. The Kier molecular flexibility index (Phi) is 2.68. The summed E-state index contributed by atoms with van der Waals surface area (Å²) in [4.78, 5) is 6.83. The number of hydrogen-bond donors (Lipinski definition) is 1. The van der Waals surface area contributed by atoms with Gasteiger partial charge in [0.25, 0.3) is 0 Å². The fourth-order valence-corrected chi connectivity index (χ4v) is 1.75. The molecular formula is C11H17N3. The van der Waals surface area contributed by atoms with Gasteiger partial charge in [-0.05, 0) is 25.6 Å². The molecule has 1 aromatic rings. The van der Waals surface area contributed by atoms with E-state index in [9.17, 15) is 0 Å². The third-order valence-electron chi connectivity index (χ3n) is 2.64. The fourth-order valence-electron chi connectivity index (χ4n) is 1.75. The fraction of sp³-hybridized carbons (Fsp3) is 0.545. The topological polar surface area (TPSA) is 28.2 Å². The van der Waals surface area contributed by atoms with Gasteiger partial charge in [-0.15, -0.1) is 0 Å². The van der Waals surface area contributed by atoms with Crippen molar-refractivity contribution < 1.29 is 0 Å². The second-order valence-electron chi connectivity index (χ2n) is 3.86. The van der Waals surface area contributed by atoms with Crippen molar-refractivity contribution in [2.75, 3.05) is 25.0 Å². The molecule has 1 fully saturated rings. The molecule has 3 heteroatoms. The molecule has 1 aliphatic rings. The van der Waals surface area contributed by atoms with Crippen molar-refractivity contribution in [2.45, 2.75) is 19.9 Å². The van der Waals surface area contributed by atoms with Crippen LogP contribution in [0.4, 0.5) is 5.82 Å². The van der Waals surface area contributed by atoms with Crippen LogP contribution in [0.2, 0.25) is 0 Å². The molecule has 0 saturated carbocycles. The smallest absolute Gasteiger partial charge is 0.126 e. The molecular weight excluding hydrogens is 174 g/mol. The number of likely N-dealkylation sites (N-methyl/N-ethyl adjacent to an activating group) is 1. The summed E-state index contributed by atoms with van der Waals surface area (Å²) in [6, 6.07) is 6.68. The number of nitrogens with one attached hydrogen (secondary N) is 1. The van der Waals surface area contributed by atoms with Crippen molar-refractivity contribution in [2.24, 2.45) is 0 Å². The minimum atomic E-state index is 0.587. The largest absolute Gasteiger partial charge is 0.365 e. The highest BCUT2D eigenvalue weighted by molar-refractivity contribution is 5.37. The number of likely N-dealkylation sites (tertiary alicyclic amines) is 1. The number of rotatable bonds is 3. The second-order valence-corrected chi connectivity index (χ2v) is 3.86. The van der Waals surface area contributed by atoms with Gasteiger partial charge in [-0.3, -0.25) is 4.90 Å². The maximum absolute atomic E-state index is 4.42. The highest BCUT2D eigenvalue weighted by Gasteiger charge is 2.24. The van der Waals surface area contributed by atoms with E-state index in [0.717, 1.165) is 31.1 Å². The Morgan fingerprint density at radius 1 is 1.50 bits per heavy atom. The monoisotopic (exact) mass is 191 g/mol. The number of pyridine rings is 1. The van der Waals surface area contributed by atoms with E-state index in [1.807, 2.05) is 25.1 Å². The molecule has 0 amide bonds. The van der Waals surface area contributed by atoms with Gasteiger partial charge in [0, 0.05) is 18.8 Å². The van der Waals surface area contributed by atoms with Crippen LogP contribution >= 0.6 is 0 Å². The summed E-state index contributed by atoms with van der Waals surface area (Å²) in [6.45, 7) is 7.66. The molecule has 0 spiro atoms. The van der Waals surface area contributed by atoms with Gasteiger partial charge in [0.05, 0.1) is 6.04 Å². The molecule has 2 heterocycles. The summed E-state index contributed by atoms with van der Waals surface area (Å²) >= 11 is 0. The second kappa shape index (κ2) is 3.96. The number of aryl methyl sites for hydroxylation is 1. The molecule has 1 aromatic heterocycles. The summed E-state index contributed by atoms with van der Waals surface area (Å²) in [7, 11) is 0. The van der Waals surface area contributed by atoms with Crippen LogP contribution in [0.1, 0.15) is 12.6 Å². The first-order chi connectivity index (χ1) is 6.78. The predicted molar refractivity (Wildman–Crippen MR) is 58.5 cm³/mol. The molecule has 0 bridgehead atoms. The van der Waals surface area contributed by atoms with Gasteiger partial charge in [0.2, 0.25) is 0 Å². The van der Waals surface area contributed by atoms with E-state index in [1.54, 1.807) is 0 Å². The van der Waals surface area contributed by atoms with E-state index in [4.69, 9.17) is 0 Å². The molecule has 1 aliphatic heterocycles. The molecule has 0 radical (unpaired) electrons. The molecule has 2 rings (SSSR count). The Labute approximate surface area is 85.1 Å². The highest BCUT2D eigenvalue weighted by Crippen LogP contribution is 2.13. The average Bonchev–Trinajstić information content (AvgIpc) is 2.10. The molecule has 14 heavy (non-hydrogen) atoms. The van der Waals surface area contributed by atoms with Gasteiger partial charge in [0.15, 0.2) is 0 Å². The number of aromatic nitrogens is 1. The van der Waals surface area contributed by atoms with Crippen LogP contribution in [-0.4, -0.2) is 35.6 Å². The lowest BCUT2D eigenvalue weighted by molar-refractivity contribution is 0.171. The highest BCUT2D eigenvalue weighted by atomic mass is 15.2.